The molecule has 7 nitrogen and oxygen atoms in total. The minimum Gasteiger partial charge on any atom is -0.459 e. The molecule has 0 aliphatic rings. The van der Waals surface area contributed by atoms with E-state index < -0.39 is 11.9 Å². The van der Waals surface area contributed by atoms with Gasteiger partial charge in [0.05, 0.1) is 6.61 Å². The molecule has 16 heavy (non-hydrogen) atoms. The van der Waals surface area contributed by atoms with Gasteiger partial charge in [-0.15, -0.1) is 5.10 Å². The lowest BCUT2D eigenvalue weighted by molar-refractivity contribution is -0.152. The standard InChI is InChI=1S/C8H12N4O3S/c1-4-15-6(14)5(13)9-7-10-8(16-3)12(2)11-7/h4H2,1-3H3,(H,9,11,13). The molecule has 0 aromatic carbocycles. The predicted octanol–water partition coefficient (Wildman–Crippen LogP) is 0.0386. The van der Waals surface area contributed by atoms with E-state index >= 15 is 0 Å². The monoisotopic (exact) mass is 244 g/mol. The van der Waals surface area contributed by atoms with Crippen LogP contribution in [0.25, 0.3) is 0 Å². The Bertz CT molecular complexity index is 404. The van der Waals surface area contributed by atoms with Crippen LogP contribution in [0.15, 0.2) is 5.16 Å². The van der Waals surface area contributed by atoms with Crippen LogP contribution in [-0.4, -0.2) is 39.5 Å². The second kappa shape index (κ2) is 5.50. The summed E-state index contributed by atoms with van der Waals surface area (Å²) in [7, 11) is 1.69. The lowest BCUT2D eigenvalue weighted by Crippen LogP contribution is -2.25. The fraction of sp³-hybridized carbons (Fsp3) is 0.500. The number of carbonyl (C=O) groups is 2. The van der Waals surface area contributed by atoms with E-state index in [1.807, 2.05) is 6.26 Å². The topological polar surface area (TPSA) is 86.1 Å². The number of thioether (sulfide) groups is 1. The van der Waals surface area contributed by atoms with Gasteiger partial charge in [-0.05, 0) is 13.2 Å². The number of ether oxygens (including phenoxy) is 1. The van der Waals surface area contributed by atoms with Crippen molar-refractivity contribution in [1.29, 1.82) is 0 Å². The van der Waals surface area contributed by atoms with Gasteiger partial charge in [0.2, 0.25) is 5.95 Å². The first-order valence-electron chi connectivity index (χ1n) is 4.51. The maximum absolute atomic E-state index is 11.2. The van der Waals surface area contributed by atoms with Crippen molar-refractivity contribution in [2.75, 3.05) is 18.2 Å². The van der Waals surface area contributed by atoms with Gasteiger partial charge in [-0.1, -0.05) is 11.8 Å². The number of aromatic nitrogens is 3. The van der Waals surface area contributed by atoms with E-state index in [-0.39, 0.29) is 12.6 Å². The van der Waals surface area contributed by atoms with Gasteiger partial charge in [0.1, 0.15) is 0 Å². The maximum atomic E-state index is 11.2. The van der Waals surface area contributed by atoms with Crippen molar-refractivity contribution in [3.05, 3.63) is 0 Å². The SMILES string of the molecule is CCOC(=O)C(=O)Nc1nc(SC)n(C)n1. The Kier molecular flexibility index (Phi) is 4.29. The zero-order valence-corrected chi connectivity index (χ0v) is 10.00. The molecule has 0 fully saturated rings. The van der Waals surface area contributed by atoms with Gasteiger partial charge < -0.3 is 4.74 Å². The second-order valence-electron chi connectivity index (χ2n) is 2.72. The van der Waals surface area contributed by atoms with E-state index in [4.69, 9.17) is 0 Å². The number of nitrogens with zero attached hydrogens (tertiary/aromatic N) is 3. The first kappa shape index (κ1) is 12.5. The van der Waals surface area contributed by atoms with Crippen molar-refractivity contribution in [1.82, 2.24) is 14.8 Å². The Morgan fingerprint density at radius 1 is 1.56 bits per heavy atom. The Morgan fingerprint density at radius 2 is 2.25 bits per heavy atom. The number of esters is 1. The Hall–Kier alpha value is -1.57. The highest BCUT2D eigenvalue weighted by molar-refractivity contribution is 7.98. The van der Waals surface area contributed by atoms with Crippen LogP contribution in [0.1, 0.15) is 6.92 Å². The van der Waals surface area contributed by atoms with Crippen LogP contribution in [0.2, 0.25) is 0 Å². The largest absolute Gasteiger partial charge is 0.459 e. The van der Waals surface area contributed by atoms with Crippen molar-refractivity contribution >= 4 is 29.6 Å². The van der Waals surface area contributed by atoms with Gasteiger partial charge in [0, 0.05) is 7.05 Å². The van der Waals surface area contributed by atoms with Crippen molar-refractivity contribution in [2.45, 2.75) is 12.1 Å². The highest BCUT2D eigenvalue weighted by Gasteiger charge is 2.17. The second-order valence-corrected chi connectivity index (χ2v) is 3.49. The van der Waals surface area contributed by atoms with Crippen molar-refractivity contribution in [3.63, 3.8) is 0 Å². The summed E-state index contributed by atoms with van der Waals surface area (Å²) in [5.41, 5.74) is 0. The van der Waals surface area contributed by atoms with E-state index in [1.54, 1.807) is 14.0 Å². The lowest BCUT2D eigenvalue weighted by Gasteiger charge is -1.99. The number of aryl methyl sites for hydroxylation is 1. The molecular formula is C8H12N4O3S. The molecule has 1 aromatic heterocycles. The van der Waals surface area contributed by atoms with Crippen LogP contribution in [-0.2, 0) is 21.4 Å². The Morgan fingerprint density at radius 3 is 2.75 bits per heavy atom. The van der Waals surface area contributed by atoms with E-state index in [0.717, 1.165) is 0 Å². The van der Waals surface area contributed by atoms with Crippen LogP contribution >= 0.6 is 11.8 Å². The molecule has 0 unspecified atom stereocenters. The van der Waals surface area contributed by atoms with Crippen LogP contribution in [0.5, 0.6) is 0 Å². The van der Waals surface area contributed by atoms with E-state index in [1.165, 1.54) is 16.4 Å². The zero-order valence-electron chi connectivity index (χ0n) is 9.18. The first-order chi connectivity index (χ1) is 7.58. The molecule has 8 heteroatoms. The van der Waals surface area contributed by atoms with Gasteiger partial charge in [-0.25, -0.2) is 9.48 Å². The molecule has 0 spiro atoms. The summed E-state index contributed by atoms with van der Waals surface area (Å²) in [5, 5.41) is 6.80. The van der Waals surface area contributed by atoms with Gasteiger partial charge in [0.25, 0.3) is 0 Å². The average molecular weight is 244 g/mol. The average Bonchev–Trinajstić information content (AvgIpc) is 2.59. The molecule has 0 bridgehead atoms. The molecular weight excluding hydrogens is 232 g/mol. The zero-order chi connectivity index (χ0) is 12.1. The van der Waals surface area contributed by atoms with E-state index in [9.17, 15) is 9.59 Å². The van der Waals surface area contributed by atoms with Crippen LogP contribution in [0, 0.1) is 0 Å². The molecule has 0 atom stereocenters. The van der Waals surface area contributed by atoms with E-state index in [0.29, 0.717) is 5.16 Å². The smallest absolute Gasteiger partial charge is 0.397 e. The third-order valence-electron chi connectivity index (χ3n) is 1.59. The minimum absolute atomic E-state index is 0.0879. The molecule has 1 heterocycles. The van der Waals surface area contributed by atoms with Crippen molar-refractivity contribution < 1.29 is 14.3 Å². The highest BCUT2D eigenvalue weighted by atomic mass is 32.2. The number of carbonyl (C=O) groups excluding carboxylic acids is 2. The van der Waals surface area contributed by atoms with Gasteiger partial charge >= 0.3 is 11.9 Å². The molecule has 0 radical (unpaired) electrons. The molecule has 0 saturated heterocycles. The quantitative estimate of drug-likeness (QED) is 0.459. The number of hydrogen-bond acceptors (Lipinski definition) is 6. The third-order valence-corrected chi connectivity index (χ3v) is 2.31. The van der Waals surface area contributed by atoms with Crippen LogP contribution in [0.3, 0.4) is 0 Å². The lowest BCUT2D eigenvalue weighted by atomic mass is 10.6. The Labute approximate surface area is 96.6 Å². The summed E-state index contributed by atoms with van der Waals surface area (Å²) < 4.78 is 6.03. The molecule has 1 amide bonds. The number of nitrogens with one attached hydrogen (secondary N) is 1. The summed E-state index contributed by atoms with van der Waals surface area (Å²) >= 11 is 1.38. The molecule has 88 valence electrons. The summed E-state index contributed by atoms with van der Waals surface area (Å²) in [6, 6.07) is 0. The van der Waals surface area contributed by atoms with Gasteiger partial charge in [-0.3, -0.25) is 10.1 Å². The molecule has 0 saturated carbocycles. The van der Waals surface area contributed by atoms with Crippen molar-refractivity contribution in [3.8, 4) is 0 Å². The first-order valence-corrected chi connectivity index (χ1v) is 5.74. The minimum atomic E-state index is -0.944. The van der Waals surface area contributed by atoms with Crippen LogP contribution in [0.4, 0.5) is 5.95 Å². The predicted molar refractivity (Wildman–Crippen MR) is 58.0 cm³/mol. The summed E-state index contributed by atoms with van der Waals surface area (Å²) in [4.78, 5) is 26.2. The fourth-order valence-electron chi connectivity index (χ4n) is 0.950. The molecule has 1 rings (SSSR count). The number of anilines is 1. The number of hydrogen-bond donors (Lipinski definition) is 1. The molecule has 1 N–H and O–H groups in total. The van der Waals surface area contributed by atoms with E-state index in [2.05, 4.69) is 20.1 Å². The number of amides is 1. The van der Waals surface area contributed by atoms with Crippen LogP contribution < -0.4 is 5.32 Å². The van der Waals surface area contributed by atoms with Crippen molar-refractivity contribution in [2.24, 2.45) is 7.05 Å². The highest BCUT2D eigenvalue weighted by Crippen LogP contribution is 2.12. The molecule has 1 aromatic rings. The normalized spacial score (nSPS) is 9.94. The van der Waals surface area contributed by atoms with Gasteiger partial charge in [0.15, 0.2) is 5.16 Å². The summed E-state index contributed by atoms with van der Waals surface area (Å²) in [5.74, 6) is -1.73. The molecule has 0 aliphatic carbocycles. The summed E-state index contributed by atoms with van der Waals surface area (Å²) in [6.07, 6.45) is 1.83. The molecule has 0 aliphatic heterocycles. The number of rotatable bonds is 3. The fourth-order valence-corrected chi connectivity index (χ4v) is 1.43. The third kappa shape index (κ3) is 2.96. The van der Waals surface area contributed by atoms with Gasteiger partial charge in [-0.2, -0.15) is 4.98 Å². The summed E-state index contributed by atoms with van der Waals surface area (Å²) in [6.45, 7) is 1.77. The Balaban J connectivity index is 2.66. The maximum Gasteiger partial charge on any atom is 0.397 e.